The van der Waals surface area contributed by atoms with Crippen molar-refractivity contribution >= 4 is 0 Å². The van der Waals surface area contributed by atoms with E-state index in [9.17, 15) is 0 Å². The van der Waals surface area contributed by atoms with Gasteiger partial charge in [0.05, 0.1) is 12.2 Å². The minimum Gasteiger partial charge on any atom is -0.370 e. The van der Waals surface area contributed by atoms with E-state index in [-0.39, 0.29) is 5.60 Å². The molecule has 0 aromatic heterocycles. The molecule has 0 aliphatic carbocycles. The van der Waals surface area contributed by atoms with Crippen LogP contribution in [0.3, 0.4) is 0 Å². The monoisotopic (exact) mass is 176 g/mol. The molecule has 1 aromatic carbocycles. The summed E-state index contributed by atoms with van der Waals surface area (Å²) in [6, 6.07) is 8.76. The highest BCUT2D eigenvalue weighted by molar-refractivity contribution is 5.21. The molecule has 0 radical (unpaired) electrons. The Morgan fingerprint density at radius 3 is 2.46 bits per heavy atom. The van der Waals surface area contributed by atoms with E-state index in [1.165, 1.54) is 11.1 Å². The molecule has 2 rings (SSSR count). The Morgan fingerprint density at radius 1 is 1.31 bits per heavy atom. The first-order valence-electron chi connectivity index (χ1n) is 4.87. The van der Waals surface area contributed by atoms with E-state index in [1.807, 2.05) is 0 Å². The number of ether oxygens (including phenoxy) is 1. The lowest BCUT2D eigenvalue weighted by atomic mass is 10.0. The smallest absolute Gasteiger partial charge is 0.0891 e. The quantitative estimate of drug-likeness (QED) is 0.645. The summed E-state index contributed by atoms with van der Waals surface area (Å²) in [6.07, 6.45) is 2.28. The van der Waals surface area contributed by atoms with Gasteiger partial charge in [-0.25, -0.2) is 0 Å². The average Bonchev–Trinajstić information content (AvgIpc) is 2.84. The largest absolute Gasteiger partial charge is 0.370 e. The van der Waals surface area contributed by atoms with Gasteiger partial charge in [0.15, 0.2) is 0 Å². The highest BCUT2D eigenvalue weighted by atomic mass is 16.6. The summed E-state index contributed by atoms with van der Waals surface area (Å²) in [6.45, 7) is 5.25. The third-order valence-electron chi connectivity index (χ3n) is 2.70. The number of hydrogen-bond donors (Lipinski definition) is 0. The Morgan fingerprint density at radius 2 is 1.92 bits per heavy atom. The molecule has 1 nitrogen and oxygen atoms in total. The van der Waals surface area contributed by atoms with Crippen LogP contribution in [0.1, 0.15) is 24.5 Å². The molecule has 1 aromatic rings. The van der Waals surface area contributed by atoms with Gasteiger partial charge in [0.1, 0.15) is 0 Å². The Hall–Kier alpha value is -0.820. The predicted octanol–water partition coefficient (Wildman–Crippen LogP) is 2.72. The first-order chi connectivity index (χ1) is 6.18. The summed E-state index contributed by atoms with van der Waals surface area (Å²) in [5, 5.41) is 0. The van der Waals surface area contributed by atoms with Crippen molar-refractivity contribution in [3.8, 4) is 0 Å². The maximum atomic E-state index is 5.34. The highest BCUT2D eigenvalue weighted by Crippen LogP contribution is 2.31. The molecule has 0 amide bonds. The van der Waals surface area contributed by atoms with E-state index < -0.39 is 0 Å². The molecule has 1 aliphatic heterocycles. The van der Waals surface area contributed by atoms with Crippen LogP contribution in [0.2, 0.25) is 0 Å². The zero-order valence-electron chi connectivity index (χ0n) is 8.34. The molecule has 1 aliphatic rings. The van der Waals surface area contributed by atoms with Gasteiger partial charge in [0.25, 0.3) is 0 Å². The normalized spacial score (nSPS) is 26.0. The number of rotatable bonds is 3. The molecule has 0 saturated carbocycles. The van der Waals surface area contributed by atoms with E-state index >= 15 is 0 Å². The van der Waals surface area contributed by atoms with Crippen LogP contribution in [0.5, 0.6) is 0 Å². The molecule has 1 unspecified atom stereocenters. The van der Waals surface area contributed by atoms with Crippen LogP contribution in [-0.4, -0.2) is 12.2 Å². The van der Waals surface area contributed by atoms with Crippen LogP contribution >= 0.6 is 0 Å². The first-order valence-corrected chi connectivity index (χ1v) is 4.87. The molecule has 70 valence electrons. The minimum absolute atomic E-state index is 0.199. The standard InChI is InChI=1S/C12H16O/c1-10-3-5-11(6-4-10)7-8-12(2)9-13-12/h3-6H,7-9H2,1-2H3. The Balaban J connectivity index is 1.91. The van der Waals surface area contributed by atoms with E-state index in [2.05, 4.69) is 38.1 Å². The molecular weight excluding hydrogens is 160 g/mol. The van der Waals surface area contributed by atoms with Crippen molar-refractivity contribution in [2.45, 2.75) is 32.3 Å². The summed E-state index contributed by atoms with van der Waals surface area (Å²) in [4.78, 5) is 0. The Labute approximate surface area is 79.7 Å². The SMILES string of the molecule is Cc1ccc(CCC2(C)CO2)cc1. The van der Waals surface area contributed by atoms with Gasteiger partial charge in [0, 0.05) is 0 Å². The molecule has 0 spiro atoms. The van der Waals surface area contributed by atoms with Crippen molar-refractivity contribution in [2.24, 2.45) is 0 Å². The summed E-state index contributed by atoms with van der Waals surface area (Å²) in [5.41, 5.74) is 2.95. The van der Waals surface area contributed by atoms with Gasteiger partial charge in [0.2, 0.25) is 0 Å². The van der Waals surface area contributed by atoms with Gasteiger partial charge in [-0.3, -0.25) is 0 Å². The van der Waals surface area contributed by atoms with E-state index in [4.69, 9.17) is 4.74 Å². The van der Waals surface area contributed by atoms with Gasteiger partial charge >= 0.3 is 0 Å². The van der Waals surface area contributed by atoms with Gasteiger partial charge < -0.3 is 4.74 Å². The second kappa shape index (κ2) is 3.15. The van der Waals surface area contributed by atoms with Crippen LogP contribution in [-0.2, 0) is 11.2 Å². The molecule has 1 saturated heterocycles. The molecule has 1 atom stereocenters. The molecular formula is C12H16O. The Bertz CT molecular complexity index is 282. The fourth-order valence-electron chi connectivity index (χ4n) is 1.43. The number of hydrogen-bond acceptors (Lipinski definition) is 1. The lowest BCUT2D eigenvalue weighted by molar-refractivity contribution is 0.309. The maximum absolute atomic E-state index is 5.34. The lowest BCUT2D eigenvalue weighted by Gasteiger charge is -2.04. The van der Waals surface area contributed by atoms with Crippen molar-refractivity contribution in [2.75, 3.05) is 6.61 Å². The fourth-order valence-corrected chi connectivity index (χ4v) is 1.43. The second-order valence-electron chi connectivity index (χ2n) is 4.22. The topological polar surface area (TPSA) is 12.5 Å². The second-order valence-corrected chi connectivity index (χ2v) is 4.22. The predicted molar refractivity (Wildman–Crippen MR) is 53.9 cm³/mol. The summed E-state index contributed by atoms with van der Waals surface area (Å²) in [7, 11) is 0. The van der Waals surface area contributed by atoms with Crippen molar-refractivity contribution in [3.63, 3.8) is 0 Å². The third kappa shape index (κ3) is 2.31. The van der Waals surface area contributed by atoms with Crippen molar-refractivity contribution in [1.29, 1.82) is 0 Å². The van der Waals surface area contributed by atoms with Gasteiger partial charge in [-0.05, 0) is 32.3 Å². The maximum Gasteiger partial charge on any atom is 0.0891 e. The van der Waals surface area contributed by atoms with Crippen LogP contribution in [0, 0.1) is 6.92 Å². The fraction of sp³-hybridized carbons (Fsp3) is 0.500. The van der Waals surface area contributed by atoms with Crippen LogP contribution in [0.15, 0.2) is 24.3 Å². The zero-order valence-corrected chi connectivity index (χ0v) is 8.34. The number of benzene rings is 1. The average molecular weight is 176 g/mol. The zero-order chi connectivity index (χ0) is 9.31. The highest BCUT2D eigenvalue weighted by Gasteiger charge is 2.38. The third-order valence-corrected chi connectivity index (χ3v) is 2.70. The number of aryl methyl sites for hydroxylation is 2. The Kier molecular flexibility index (Phi) is 2.12. The van der Waals surface area contributed by atoms with Crippen LogP contribution in [0.25, 0.3) is 0 Å². The molecule has 1 fully saturated rings. The van der Waals surface area contributed by atoms with Crippen LogP contribution < -0.4 is 0 Å². The molecule has 1 heterocycles. The summed E-state index contributed by atoms with van der Waals surface area (Å²) in [5.74, 6) is 0. The number of epoxide rings is 1. The molecule has 13 heavy (non-hydrogen) atoms. The van der Waals surface area contributed by atoms with Gasteiger partial charge in [-0.2, -0.15) is 0 Å². The minimum atomic E-state index is 0.199. The van der Waals surface area contributed by atoms with E-state index in [0.717, 1.165) is 19.4 Å². The first kappa shape index (κ1) is 8.76. The van der Waals surface area contributed by atoms with Gasteiger partial charge in [-0.15, -0.1) is 0 Å². The molecule has 1 heteroatoms. The lowest BCUT2D eigenvalue weighted by Crippen LogP contribution is -2.05. The van der Waals surface area contributed by atoms with Crippen molar-refractivity contribution in [3.05, 3.63) is 35.4 Å². The molecule has 0 N–H and O–H groups in total. The van der Waals surface area contributed by atoms with E-state index in [1.54, 1.807) is 0 Å². The summed E-state index contributed by atoms with van der Waals surface area (Å²) >= 11 is 0. The molecule has 0 bridgehead atoms. The van der Waals surface area contributed by atoms with Crippen molar-refractivity contribution < 1.29 is 4.74 Å². The van der Waals surface area contributed by atoms with Crippen LogP contribution in [0.4, 0.5) is 0 Å². The van der Waals surface area contributed by atoms with E-state index in [0.29, 0.717) is 0 Å². The summed E-state index contributed by atoms with van der Waals surface area (Å²) < 4.78 is 5.34. The van der Waals surface area contributed by atoms with Gasteiger partial charge in [-0.1, -0.05) is 29.8 Å². The van der Waals surface area contributed by atoms with Crippen molar-refractivity contribution in [1.82, 2.24) is 0 Å².